The smallest absolute Gasteiger partial charge is 0.416 e. The fourth-order valence-corrected chi connectivity index (χ4v) is 6.32. The predicted octanol–water partition coefficient (Wildman–Crippen LogP) is 6.90. The van der Waals surface area contributed by atoms with Crippen LogP contribution in [0.25, 0.3) is 0 Å². The maximum absolute atomic E-state index is 13.4. The normalized spacial score (nSPS) is 16.4. The third-order valence-electron chi connectivity index (χ3n) is 7.44. The molecule has 0 bridgehead atoms. The molecular weight excluding hydrogens is 511 g/mol. The van der Waals surface area contributed by atoms with E-state index in [2.05, 4.69) is 40.2 Å². The van der Waals surface area contributed by atoms with Gasteiger partial charge < -0.3 is 20.2 Å². The van der Waals surface area contributed by atoms with Crippen LogP contribution in [0.3, 0.4) is 0 Å². The van der Waals surface area contributed by atoms with Crippen LogP contribution in [0.4, 0.5) is 30.2 Å². The minimum atomic E-state index is -4.35. The van der Waals surface area contributed by atoms with Gasteiger partial charge in [0.2, 0.25) is 0 Å². The van der Waals surface area contributed by atoms with E-state index in [1.807, 2.05) is 0 Å². The van der Waals surface area contributed by atoms with E-state index in [-0.39, 0.29) is 5.75 Å². The Balaban J connectivity index is 1.48. The van der Waals surface area contributed by atoms with E-state index < -0.39 is 17.7 Å². The molecule has 1 saturated heterocycles. The van der Waals surface area contributed by atoms with Crippen molar-refractivity contribution in [3.8, 4) is 0 Å². The second kappa shape index (κ2) is 13.0. The molecule has 0 aromatic heterocycles. The number of rotatable bonds is 11. The highest BCUT2D eigenvalue weighted by atomic mass is 32.2. The predicted molar refractivity (Wildman–Crippen MR) is 151 cm³/mol. The second-order valence-electron chi connectivity index (χ2n) is 10.3. The lowest BCUT2D eigenvalue weighted by Gasteiger charge is -2.35. The molecule has 2 aliphatic rings. The lowest BCUT2D eigenvalue weighted by molar-refractivity contribution is -0.137. The summed E-state index contributed by atoms with van der Waals surface area (Å²) in [5.41, 5.74) is 4.41. The molecule has 2 aromatic rings. The molecule has 0 radical (unpaired) electrons. The van der Waals surface area contributed by atoms with Crippen molar-refractivity contribution in [2.24, 2.45) is 5.92 Å². The number of hydrogen-bond acceptors (Lipinski definition) is 5. The van der Waals surface area contributed by atoms with Crippen LogP contribution in [-0.2, 0) is 23.9 Å². The van der Waals surface area contributed by atoms with Crippen molar-refractivity contribution in [2.45, 2.75) is 58.2 Å². The molecule has 2 N–H and O–H groups in total. The first-order valence-corrected chi connectivity index (χ1v) is 14.8. The fraction of sp³-hybridized carbons (Fsp3) is 0.552. The minimum absolute atomic E-state index is 0.159. The highest BCUT2D eigenvalue weighted by Crippen LogP contribution is 2.37. The number of carboxylic acid groups (broad SMARTS) is 1. The summed E-state index contributed by atoms with van der Waals surface area (Å²) in [7, 11) is 0. The average Bonchev–Trinajstić information content (AvgIpc) is 2.89. The summed E-state index contributed by atoms with van der Waals surface area (Å²) < 4.78 is 40.2. The van der Waals surface area contributed by atoms with Crippen molar-refractivity contribution in [1.82, 2.24) is 0 Å². The van der Waals surface area contributed by atoms with Gasteiger partial charge in [0.1, 0.15) is 0 Å². The number of carboxylic acids is 1. The van der Waals surface area contributed by atoms with Crippen molar-refractivity contribution in [3.63, 3.8) is 0 Å². The Hall–Kier alpha value is -2.55. The van der Waals surface area contributed by atoms with Gasteiger partial charge in [0, 0.05) is 38.4 Å². The van der Waals surface area contributed by atoms with E-state index in [9.17, 15) is 18.0 Å². The molecule has 0 amide bonds. The molecule has 0 atom stereocenters. The van der Waals surface area contributed by atoms with Crippen LogP contribution < -0.4 is 15.1 Å². The van der Waals surface area contributed by atoms with E-state index >= 15 is 0 Å². The van der Waals surface area contributed by atoms with Crippen LogP contribution in [0.1, 0.15) is 55.7 Å². The number of carbonyl (C=O) groups is 1. The van der Waals surface area contributed by atoms with E-state index in [0.29, 0.717) is 18.2 Å². The number of anilines is 3. The monoisotopic (exact) mass is 549 g/mol. The van der Waals surface area contributed by atoms with Gasteiger partial charge in [-0.3, -0.25) is 4.79 Å². The average molecular weight is 550 g/mol. The Bertz CT molecular complexity index is 1090. The maximum atomic E-state index is 13.4. The highest BCUT2D eigenvalue weighted by molar-refractivity contribution is 7.99. The van der Waals surface area contributed by atoms with Crippen LogP contribution in [0.5, 0.6) is 0 Å². The van der Waals surface area contributed by atoms with Gasteiger partial charge in [0.05, 0.1) is 22.7 Å². The molecule has 0 saturated carbocycles. The Labute approximate surface area is 227 Å². The van der Waals surface area contributed by atoms with Crippen molar-refractivity contribution in [2.75, 3.05) is 52.8 Å². The molecule has 0 unspecified atom stereocenters. The molecule has 208 valence electrons. The molecular formula is C29H38F3N3O2S. The number of benzene rings is 2. The lowest BCUT2D eigenvalue weighted by Crippen LogP contribution is -2.35. The molecule has 38 heavy (non-hydrogen) atoms. The van der Waals surface area contributed by atoms with Crippen LogP contribution in [0, 0.1) is 5.92 Å². The van der Waals surface area contributed by atoms with Gasteiger partial charge in [-0.1, -0.05) is 25.5 Å². The molecule has 2 aliphatic heterocycles. The Morgan fingerprint density at radius 3 is 2.61 bits per heavy atom. The Kier molecular flexibility index (Phi) is 9.74. The zero-order valence-electron chi connectivity index (χ0n) is 22.0. The number of fused-ring (bicyclic) bond motifs is 1. The molecule has 2 heterocycles. The summed E-state index contributed by atoms with van der Waals surface area (Å²) in [5.74, 6) is 0.816. The molecule has 4 rings (SSSR count). The Morgan fingerprint density at radius 2 is 1.89 bits per heavy atom. The zero-order valence-corrected chi connectivity index (χ0v) is 22.8. The van der Waals surface area contributed by atoms with Gasteiger partial charge in [-0.05, 0) is 79.2 Å². The number of aryl methyl sites for hydroxylation is 1. The number of unbranched alkanes of at least 4 members (excludes halogenated alkanes) is 1. The van der Waals surface area contributed by atoms with Gasteiger partial charge in [0.25, 0.3) is 0 Å². The maximum Gasteiger partial charge on any atom is 0.416 e. The summed E-state index contributed by atoms with van der Waals surface area (Å²) in [6, 6.07) is 10.6. The van der Waals surface area contributed by atoms with Gasteiger partial charge >= 0.3 is 12.1 Å². The standard InChI is InChI=1S/C29H38F3N3O2S/c1-2-3-12-33-25-16-22(6-9-26(25)34-14-10-21(11-15-34)19-38-20-28(36)37)18-35-13-4-5-23-7-8-24(17-27(23)35)29(30,31)32/h6-9,16-17,21,33H,2-5,10-15,18-20H2,1H3,(H,36,37). The number of halogens is 3. The topological polar surface area (TPSA) is 55.8 Å². The first-order valence-electron chi connectivity index (χ1n) is 13.6. The number of aliphatic carboxylic acids is 1. The van der Waals surface area contributed by atoms with Crippen LogP contribution >= 0.6 is 11.8 Å². The number of hydrogen-bond donors (Lipinski definition) is 2. The first-order chi connectivity index (χ1) is 18.2. The van der Waals surface area contributed by atoms with Gasteiger partial charge in [-0.2, -0.15) is 13.2 Å². The third kappa shape index (κ3) is 7.52. The molecule has 2 aromatic carbocycles. The fourth-order valence-electron chi connectivity index (χ4n) is 5.36. The zero-order chi connectivity index (χ0) is 27.1. The molecule has 0 spiro atoms. The van der Waals surface area contributed by atoms with Crippen LogP contribution in [0.2, 0.25) is 0 Å². The second-order valence-corrected chi connectivity index (χ2v) is 11.4. The SMILES string of the molecule is CCCCNc1cc(CN2CCCc3ccc(C(F)(F)F)cc32)ccc1N1CCC(CSCC(=O)O)CC1. The molecule has 1 fully saturated rings. The van der Waals surface area contributed by atoms with Gasteiger partial charge in [-0.15, -0.1) is 11.8 Å². The van der Waals surface area contributed by atoms with E-state index in [0.717, 1.165) is 87.3 Å². The van der Waals surface area contributed by atoms with Crippen molar-refractivity contribution in [1.29, 1.82) is 0 Å². The first kappa shape index (κ1) is 28.5. The number of nitrogens with one attached hydrogen (secondary N) is 1. The lowest BCUT2D eigenvalue weighted by atomic mass is 9.97. The van der Waals surface area contributed by atoms with Gasteiger partial charge in [-0.25, -0.2) is 0 Å². The largest absolute Gasteiger partial charge is 0.481 e. The Morgan fingerprint density at radius 1 is 1.11 bits per heavy atom. The van der Waals surface area contributed by atoms with E-state index in [4.69, 9.17) is 5.11 Å². The van der Waals surface area contributed by atoms with Crippen molar-refractivity contribution < 1.29 is 23.1 Å². The van der Waals surface area contributed by atoms with E-state index in [1.54, 1.807) is 6.07 Å². The van der Waals surface area contributed by atoms with Crippen LogP contribution in [-0.4, -0.2) is 48.8 Å². The molecule has 0 aliphatic carbocycles. The molecule has 9 heteroatoms. The summed E-state index contributed by atoms with van der Waals surface area (Å²) >= 11 is 1.50. The minimum Gasteiger partial charge on any atom is -0.481 e. The number of piperidine rings is 1. The number of nitrogens with zero attached hydrogens (tertiary/aromatic N) is 2. The number of thioether (sulfide) groups is 1. The van der Waals surface area contributed by atoms with E-state index in [1.165, 1.54) is 29.6 Å². The third-order valence-corrected chi connectivity index (χ3v) is 8.60. The number of alkyl halides is 3. The summed E-state index contributed by atoms with van der Waals surface area (Å²) in [4.78, 5) is 15.3. The summed E-state index contributed by atoms with van der Waals surface area (Å²) in [5, 5.41) is 12.5. The summed E-state index contributed by atoms with van der Waals surface area (Å²) in [6.45, 7) is 6.20. The van der Waals surface area contributed by atoms with Crippen molar-refractivity contribution >= 4 is 34.8 Å². The van der Waals surface area contributed by atoms with Gasteiger partial charge in [0.15, 0.2) is 0 Å². The highest BCUT2D eigenvalue weighted by Gasteiger charge is 2.32. The van der Waals surface area contributed by atoms with Crippen LogP contribution in [0.15, 0.2) is 36.4 Å². The summed E-state index contributed by atoms with van der Waals surface area (Å²) in [6.07, 6.45) is 1.61. The quantitative estimate of drug-likeness (QED) is 0.297. The molecule has 5 nitrogen and oxygen atoms in total. The van der Waals surface area contributed by atoms with Crippen molar-refractivity contribution in [3.05, 3.63) is 53.1 Å².